The second-order valence-corrected chi connectivity index (χ2v) is 5.26. The van der Waals surface area contributed by atoms with Gasteiger partial charge in [0.1, 0.15) is 5.60 Å². The average molecular weight is 244 g/mol. The maximum atomic E-state index is 11.1. The van der Waals surface area contributed by atoms with Crippen molar-refractivity contribution in [2.24, 2.45) is 0 Å². The number of benzene rings is 1. The summed E-state index contributed by atoms with van der Waals surface area (Å²) in [5, 5.41) is 11.1. The van der Waals surface area contributed by atoms with E-state index in [1.165, 1.54) is 31.3 Å². The molecule has 1 heteroatoms. The molecule has 2 rings (SSSR count). The van der Waals surface area contributed by atoms with Gasteiger partial charge < -0.3 is 5.11 Å². The molecular weight excluding hydrogens is 220 g/mol. The van der Waals surface area contributed by atoms with Crippen molar-refractivity contribution in [3.63, 3.8) is 0 Å². The Balaban J connectivity index is 2.30. The monoisotopic (exact) mass is 244 g/mol. The maximum Gasteiger partial charge on any atom is 0.110 e. The van der Waals surface area contributed by atoms with E-state index >= 15 is 0 Å². The third-order valence-corrected chi connectivity index (χ3v) is 4.09. The topological polar surface area (TPSA) is 20.2 Å². The molecule has 1 unspecified atom stereocenters. The first-order chi connectivity index (χ1) is 8.77. The largest absolute Gasteiger partial charge is 0.381 e. The van der Waals surface area contributed by atoms with Crippen molar-refractivity contribution in [2.75, 3.05) is 0 Å². The number of hydrogen-bond acceptors (Lipinski definition) is 1. The van der Waals surface area contributed by atoms with Crippen molar-refractivity contribution < 1.29 is 5.11 Å². The van der Waals surface area contributed by atoms with Crippen LogP contribution in [0, 0.1) is 0 Å². The van der Waals surface area contributed by atoms with Crippen LogP contribution in [0.4, 0.5) is 0 Å². The summed E-state index contributed by atoms with van der Waals surface area (Å²) in [6.45, 7) is 2.08. The summed E-state index contributed by atoms with van der Waals surface area (Å²) >= 11 is 0. The molecule has 1 aromatic carbocycles. The van der Waals surface area contributed by atoms with Crippen molar-refractivity contribution in [1.29, 1.82) is 0 Å². The highest BCUT2D eigenvalue weighted by Crippen LogP contribution is 2.37. The number of hydrogen-bond donors (Lipinski definition) is 1. The van der Waals surface area contributed by atoms with Gasteiger partial charge in [0.2, 0.25) is 0 Å². The lowest BCUT2D eigenvalue weighted by atomic mass is 9.80. The number of rotatable bonds is 3. The Kier molecular flexibility index (Phi) is 4.60. The van der Waals surface area contributed by atoms with Crippen molar-refractivity contribution in [3.8, 4) is 0 Å². The Morgan fingerprint density at radius 1 is 1.06 bits per heavy atom. The number of aliphatic hydroxyl groups is 1. The predicted molar refractivity (Wildman–Crippen MR) is 76.4 cm³/mol. The van der Waals surface area contributed by atoms with Crippen LogP contribution in [-0.2, 0) is 5.60 Å². The summed E-state index contributed by atoms with van der Waals surface area (Å²) in [5.41, 5.74) is 1.52. The van der Waals surface area contributed by atoms with Crippen LogP contribution in [0.15, 0.2) is 42.0 Å². The lowest BCUT2D eigenvalue weighted by molar-refractivity contribution is 0.0670. The maximum absolute atomic E-state index is 11.1. The fraction of sp³-hybridized carbons (Fsp3) is 0.529. The van der Waals surface area contributed by atoms with Crippen LogP contribution in [0.25, 0.3) is 0 Å². The molecule has 0 saturated heterocycles. The molecule has 0 aliphatic heterocycles. The third kappa shape index (κ3) is 2.84. The molecule has 0 radical (unpaired) electrons. The summed E-state index contributed by atoms with van der Waals surface area (Å²) in [5.74, 6) is 0. The Bertz CT molecular complexity index is 393. The van der Waals surface area contributed by atoms with Crippen LogP contribution in [0.1, 0.15) is 57.4 Å². The first kappa shape index (κ1) is 13.4. The van der Waals surface area contributed by atoms with Gasteiger partial charge in [0.05, 0.1) is 0 Å². The van der Waals surface area contributed by atoms with Crippen molar-refractivity contribution in [2.45, 2.75) is 57.5 Å². The third-order valence-electron chi connectivity index (χ3n) is 4.09. The van der Waals surface area contributed by atoms with Gasteiger partial charge in [-0.3, -0.25) is 0 Å². The first-order valence-corrected chi connectivity index (χ1v) is 7.25. The molecule has 1 aromatic rings. The van der Waals surface area contributed by atoms with E-state index in [1.807, 2.05) is 30.3 Å². The zero-order valence-corrected chi connectivity index (χ0v) is 11.4. The van der Waals surface area contributed by atoms with E-state index in [-0.39, 0.29) is 0 Å². The summed E-state index contributed by atoms with van der Waals surface area (Å²) in [4.78, 5) is 0. The van der Waals surface area contributed by atoms with E-state index in [4.69, 9.17) is 0 Å². The number of allylic oxidation sites excluding steroid dienone is 1. The van der Waals surface area contributed by atoms with Gasteiger partial charge in [-0.1, -0.05) is 56.2 Å². The normalized spacial score (nSPS) is 23.3. The van der Waals surface area contributed by atoms with E-state index in [2.05, 4.69) is 13.0 Å². The second kappa shape index (κ2) is 6.19. The highest BCUT2D eigenvalue weighted by molar-refractivity contribution is 5.32. The minimum absolute atomic E-state index is 0.751. The molecule has 1 N–H and O–H groups in total. The van der Waals surface area contributed by atoms with Gasteiger partial charge >= 0.3 is 0 Å². The molecule has 0 spiro atoms. The molecule has 0 heterocycles. The predicted octanol–water partition coefficient (Wildman–Crippen LogP) is 4.56. The van der Waals surface area contributed by atoms with Crippen LogP contribution >= 0.6 is 0 Å². The summed E-state index contributed by atoms with van der Waals surface area (Å²) < 4.78 is 0. The summed E-state index contributed by atoms with van der Waals surface area (Å²) in [6, 6.07) is 10.1. The molecule has 0 bridgehead atoms. The Hall–Kier alpha value is -1.08. The van der Waals surface area contributed by atoms with Crippen LogP contribution < -0.4 is 0 Å². The van der Waals surface area contributed by atoms with Gasteiger partial charge in [-0.05, 0) is 43.2 Å². The van der Waals surface area contributed by atoms with Gasteiger partial charge in [0.25, 0.3) is 0 Å². The molecule has 1 nitrogen and oxygen atoms in total. The fourth-order valence-electron chi connectivity index (χ4n) is 2.90. The Morgan fingerprint density at radius 2 is 1.78 bits per heavy atom. The lowest BCUT2D eigenvalue weighted by Gasteiger charge is -2.31. The molecule has 0 amide bonds. The van der Waals surface area contributed by atoms with Crippen molar-refractivity contribution in [3.05, 3.63) is 47.5 Å². The van der Waals surface area contributed by atoms with Gasteiger partial charge in [0, 0.05) is 0 Å². The van der Waals surface area contributed by atoms with Gasteiger partial charge in [-0.25, -0.2) is 0 Å². The quantitative estimate of drug-likeness (QED) is 0.772. The molecule has 98 valence electrons. The standard InChI is InChI=1S/C17H24O/c1-2-17(18,16-13-9-6-10-14-16)15-11-7-4-3-5-8-12-15/h6,9-11,13-14,18H,2-5,7-8,12H2,1H3/b15-11+. The zero-order valence-electron chi connectivity index (χ0n) is 11.4. The smallest absolute Gasteiger partial charge is 0.110 e. The molecule has 1 aliphatic rings. The Morgan fingerprint density at radius 3 is 2.50 bits per heavy atom. The van der Waals surface area contributed by atoms with E-state index in [9.17, 15) is 5.11 Å². The van der Waals surface area contributed by atoms with Crippen LogP contribution in [-0.4, -0.2) is 5.11 Å². The van der Waals surface area contributed by atoms with E-state index in [0.717, 1.165) is 24.8 Å². The minimum atomic E-state index is -0.751. The van der Waals surface area contributed by atoms with Crippen LogP contribution in [0.3, 0.4) is 0 Å². The Labute approximate surface area is 111 Å². The fourth-order valence-corrected chi connectivity index (χ4v) is 2.90. The van der Waals surface area contributed by atoms with Gasteiger partial charge in [-0.15, -0.1) is 0 Å². The van der Waals surface area contributed by atoms with Crippen LogP contribution in [0.5, 0.6) is 0 Å². The van der Waals surface area contributed by atoms with E-state index in [1.54, 1.807) is 0 Å². The molecule has 1 atom stereocenters. The second-order valence-electron chi connectivity index (χ2n) is 5.26. The molecular formula is C17H24O. The summed E-state index contributed by atoms with van der Waals surface area (Å²) in [7, 11) is 0. The van der Waals surface area contributed by atoms with Crippen molar-refractivity contribution >= 4 is 0 Å². The molecule has 1 aliphatic carbocycles. The summed E-state index contributed by atoms with van der Waals surface area (Å²) in [6.07, 6.45) is 10.3. The molecule has 0 saturated carbocycles. The first-order valence-electron chi connectivity index (χ1n) is 7.25. The average Bonchev–Trinajstić information content (AvgIpc) is 2.38. The van der Waals surface area contributed by atoms with Crippen LogP contribution in [0.2, 0.25) is 0 Å². The molecule has 0 aromatic heterocycles. The van der Waals surface area contributed by atoms with Gasteiger partial charge in [0.15, 0.2) is 0 Å². The lowest BCUT2D eigenvalue weighted by Crippen LogP contribution is -2.28. The highest BCUT2D eigenvalue weighted by atomic mass is 16.3. The molecule has 0 fully saturated rings. The minimum Gasteiger partial charge on any atom is -0.381 e. The van der Waals surface area contributed by atoms with E-state index < -0.39 is 5.60 Å². The SMILES string of the molecule is CCC(O)(/C1=C/CCCCCC1)c1ccccc1. The van der Waals surface area contributed by atoms with Gasteiger partial charge in [-0.2, -0.15) is 0 Å². The van der Waals surface area contributed by atoms with Crippen molar-refractivity contribution in [1.82, 2.24) is 0 Å². The highest BCUT2D eigenvalue weighted by Gasteiger charge is 2.31. The molecule has 18 heavy (non-hydrogen) atoms. The zero-order chi connectivity index (χ0) is 12.8. The van der Waals surface area contributed by atoms with E-state index in [0.29, 0.717) is 0 Å².